The standard InChI is InChI=1S/C18H16ClF3N6O4/c1-9(31-2)15-12(8-23-14-6-13(19)27-28(14)15)26-17(30)25-11-5-10(18(20,21)22)7-24-16(11)32-4-3-29/h3,5-9H,4H2,1-2H3,(H2,25,26,30). The first-order valence-electron chi connectivity index (χ1n) is 8.92. The first kappa shape index (κ1) is 23.2. The molecule has 14 heteroatoms. The highest BCUT2D eigenvalue weighted by atomic mass is 35.5. The van der Waals surface area contributed by atoms with E-state index < -0.39 is 36.2 Å². The molecule has 0 bridgehead atoms. The van der Waals surface area contributed by atoms with Crippen molar-refractivity contribution in [3.8, 4) is 5.88 Å². The van der Waals surface area contributed by atoms with Crippen LogP contribution in [0.3, 0.4) is 0 Å². The maximum absolute atomic E-state index is 13.1. The van der Waals surface area contributed by atoms with Crippen molar-refractivity contribution in [2.24, 2.45) is 0 Å². The molecular weight excluding hydrogens is 457 g/mol. The molecule has 1 unspecified atom stereocenters. The van der Waals surface area contributed by atoms with E-state index in [0.717, 1.165) is 0 Å². The summed E-state index contributed by atoms with van der Waals surface area (Å²) in [7, 11) is 1.44. The van der Waals surface area contributed by atoms with Gasteiger partial charge in [0.1, 0.15) is 12.3 Å². The third-order valence-corrected chi connectivity index (χ3v) is 4.38. The quantitative estimate of drug-likeness (QED) is 0.503. The Kier molecular flexibility index (Phi) is 6.79. The number of anilines is 2. The molecule has 0 saturated carbocycles. The number of hydrogen-bond acceptors (Lipinski definition) is 7. The largest absolute Gasteiger partial charge is 0.469 e. The number of carbonyl (C=O) groups is 2. The first-order chi connectivity index (χ1) is 15.1. The van der Waals surface area contributed by atoms with Crippen molar-refractivity contribution in [3.05, 3.63) is 40.9 Å². The van der Waals surface area contributed by atoms with Gasteiger partial charge in [0, 0.05) is 19.4 Å². The maximum atomic E-state index is 13.1. The zero-order valence-corrected chi connectivity index (χ0v) is 17.4. The summed E-state index contributed by atoms with van der Waals surface area (Å²) in [5, 5.41) is 8.99. The van der Waals surface area contributed by atoms with Gasteiger partial charge in [-0.25, -0.2) is 19.3 Å². The van der Waals surface area contributed by atoms with E-state index in [1.54, 1.807) is 6.92 Å². The van der Waals surface area contributed by atoms with Crippen molar-refractivity contribution in [2.75, 3.05) is 24.4 Å². The fourth-order valence-corrected chi connectivity index (χ4v) is 2.90. The molecule has 3 heterocycles. The number of rotatable bonds is 7. The zero-order chi connectivity index (χ0) is 23.5. The number of carbonyl (C=O) groups excluding carboxylic acids is 2. The fourth-order valence-electron chi connectivity index (χ4n) is 2.72. The molecule has 0 aliphatic carbocycles. The van der Waals surface area contributed by atoms with Crippen LogP contribution in [0.2, 0.25) is 5.15 Å². The van der Waals surface area contributed by atoms with Gasteiger partial charge in [0.25, 0.3) is 0 Å². The van der Waals surface area contributed by atoms with Gasteiger partial charge in [-0.05, 0) is 13.0 Å². The molecule has 0 aliphatic heterocycles. The van der Waals surface area contributed by atoms with Crippen LogP contribution >= 0.6 is 11.6 Å². The normalized spacial score (nSPS) is 12.4. The number of hydrogen-bond donors (Lipinski definition) is 2. The van der Waals surface area contributed by atoms with Crippen LogP contribution in [0.4, 0.5) is 29.3 Å². The van der Waals surface area contributed by atoms with Crippen LogP contribution in [0, 0.1) is 0 Å². The van der Waals surface area contributed by atoms with E-state index in [1.807, 2.05) is 0 Å². The second kappa shape index (κ2) is 9.36. The number of fused-ring (bicyclic) bond motifs is 1. The number of nitrogens with one attached hydrogen (secondary N) is 2. The highest BCUT2D eigenvalue weighted by Crippen LogP contribution is 2.34. The number of aromatic nitrogens is 4. The lowest BCUT2D eigenvalue weighted by Crippen LogP contribution is -2.23. The number of aldehydes is 1. The number of halogens is 4. The molecule has 0 spiro atoms. The topological polar surface area (TPSA) is 120 Å². The van der Waals surface area contributed by atoms with Crippen LogP contribution < -0.4 is 15.4 Å². The summed E-state index contributed by atoms with van der Waals surface area (Å²) in [4.78, 5) is 30.8. The maximum Gasteiger partial charge on any atom is 0.417 e. The smallest absolute Gasteiger partial charge is 0.417 e. The second-order valence-electron chi connectivity index (χ2n) is 6.30. The van der Waals surface area contributed by atoms with E-state index in [1.165, 1.54) is 23.9 Å². The molecule has 0 fully saturated rings. The number of ether oxygens (including phenoxy) is 2. The molecule has 0 radical (unpaired) electrons. The summed E-state index contributed by atoms with van der Waals surface area (Å²) in [5.74, 6) is -0.363. The van der Waals surface area contributed by atoms with Gasteiger partial charge in [0.2, 0.25) is 5.88 Å². The number of methoxy groups -OCH3 is 1. The van der Waals surface area contributed by atoms with Crippen molar-refractivity contribution >= 4 is 40.9 Å². The van der Waals surface area contributed by atoms with Crippen LogP contribution in [0.15, 0.2) is 24.5 Å². The van der Waals surface area contributed by atoms with Gasteiger partial charge in [0.05, 0.1) is 29.2 Å². The first-order valence-corrected chi connectivity index (χ1v) is 9.30. The number of alkyl halides is 3. The molecule has 170 valence electrons. The number of urea groups is 1. The lowest BCUT2D eigenvalue weighted by Gasteiger charge is -2.18. The van der Waals surface area contributed by atoms with E-state index >= 15 is 0 Å². The fraction of sp³-hybridized carbons (Fsp3) is 0.278. The van der Waals surface area contributed by atoms with Crippen molar-refractivity contribution in [1.29, 1.82) is 0 Å². The summed E-state index contributed by atoms with van der Waals surface area (Å²) >= 11 is 5.93. The number of pyridine rings is 1. The molecular formula is C18H16ClF3N6O4. The Hall–Kier alpha value is -3.45. The van der Waals surface area contributed by atoms with Crippen LogP contribution in [0.5, 0.6) is 5.88 Å². The predicted molar refractivity (Wildman–Crippen MR) is 107 cm³/mol. The van der Waals surface area contributed by atoms with Gasteiger partial charge in [-0.3, -0.25) is 4.79 Å². The molecule has 1 atom stereocenters. The average Bonchev–Trinajstić information content (AvgIpc) is 3.11. The Bertz CT molecular complexity index is 1150. The number of nitrogens with zero attached hydrogens (tertiary/aromatic N) is 4. The van der Waals surface area contributed by atoms with Gasteiger partial charge in [0.15, 0.2) is 17.1 Å². The van der Waals surface area contributed by atoms with Crippen molar-refractivity contribution < 1.29 is 32.2 Å². The summed E-state index contributed by atoms with van der Waals surface area (Å²) in [6.45, 7) is 1.22. The van der Waals surface area contributed by atoms with Crippen LogP contribution in [0.1, 0.15) is 24.3 Å². The van der Waals surface area contributed by atoms with Crippen molar-refractivity contribution in [1.82, 2.24) is 19.6 Å². The lowest BCUT2D eigenvalue weighted by atomic mass is 10.2. The Labute approximate surface area is 183 Å². The predicted octanol–water partition coefficient (Wildman–Crippen LogP) is 3.73. The number of amides is 2. The van der Waals surface area contributed by atoms with Gasteiger partial charge in [-0.15, -0.1) is 0 Å². The van der Waals surface area contributed by atoms with Crippen LogP contribution in [-0.4, -0.2) is 45.6 Å². The van der Waals surface area contributed by atoms with Crippen LogP contribution in [0.25, 0.3) is 5.65 Å². The van der Waals surface area contributed by atoms with Crippen molar-refractivity contribution in [3.63, 3.8) is 0 Å². The van der Waals surface area contributed by atoms with Gasteiger partial charge < -0.3 is 20.1 Å². The lowest BCUT2D eigenvalue weighted by molar-refractivity contribution is -0.137. The summed E-state index contributed by atoms with van der Waals surface area (Å²) in [6, 6.07) is 1.22. The third kappa shape index (κ3) is 5.06. The van der Waals surface area contributed by atoms with Gasteiger partial charge >= 0.3 is 12.2 Å². The third-order valence-electron chi connectivity index (χ3n) is 4.19. The summed E-state index contributed by atoms with van der Waals surface area (Å²) in [6.07, 6.45) is -3.03. The van der Waals surface area contributed by atoms with Gasteiger partial charge in [-0.2, -0.15) is 18.3 Å². The molecule has 10 nitrogen and oxygen atoms in total. The van der Waals surface area contributed by atoms with E-state index in [0.29, 0.717) is 29.9 Å². The summed E-state index contributed by atoms with van der Waals surface area (Å²) in [5.41, 5.74) is -0.559. The Balaban J connectivity index is 1.93. The van der Waals surface area contributed by atoms with E-state index in [-0.39, 0.29) is 16.7 Å². The Morgan fingerprint density at radius 1 is 1.25 bits per heavy atom. The van der Waals surface area contributed by atoms with E-state index in [4.69, 9.17) is 21.1 Å². The minimum atomic E-state index is -4.71. The monoisotopic (exact) mass is 472 g/mol. The minimum Gasteiger partial charge on any atom is -0.469 e. The highest BCUT2D eigenvalue weighted by Gasteiger charge is 2.32. The molecule has 2 N–H and O–H groups in total. The Morgan fingerprint density at radius 2 is 1.97 bits per heavy atom. The molecule has 3 aromatic heterocycles. The molecule has 0 aliphatic rings. The molecule has 32 heavy (non-hydrogen) atoms. The molecule has 0 aromatic carbocycles. The second-order valence-corrected chi connectivity index (χ2v) is 6.69. The van der Waals surface area contributed by atoms with Gasteiger partial charge in [-0.1, -0.05) is 11.6 Å². The van der Waals surface area contributed by atoms with Crippen LogP contribution in [-0.2, 0) is 15.7 Å². The molecule has 3 aromatic rings. The SMILES string of the molecule is COC(C)c1c(NC(=O)Nc2cc(C(F)(F)F)cnc2OCC=O)cnc2cc(Cl)nn12. The zero-order valence-electron chi connectivity index (χ0n) is 16.6. The molecule has 0 saturated heterocycles. The van der Waals surface area contributed by atoms with Crippen molar-refractivity contribution in [2.45, 2.75) is 19.2 Å². The summed E-state index contributed by atoms with van der Waals surface area (Å²) < 4.78 is 50.9. The highest BCUT2D eigenvalue weighted by molar-refractivity contribution is 6.29. The minimum absolute atomic E-state index is 0.163. The van der Waals surface area contributed by atoms with E-state index in [9.17, 15) is 22.8 Å². The van der Waals surface area contributed by atoms with E-state index in [2.05, 4.69) is 25.7 Å². The Morgan fingerprint density at radius 3 is 2.62 bits per heavy atom. The molecule has 2 amide bonds. The molecule has 3 rings (SSSR count). The average molecular weight is 473 g/mol.